The fourth-order valence-electron chi connectivity index (χ4n) is 3.28. The summed E-state index contributed by atoms with van der Waals surface area (Å²) in [6.45, 7) is 0.212. The van der Waals surface area contributed by atoms with E-state index in [1.54, 1.807) is 24.4 Å². The minimum absolute atomic E-state index is 0.179. The summed E-state index contributed by atoms with van der Waals surface area (Å²) in [6, 6.07) is 3.63. The molecule has 1 heterocycles. The molecule has 2 aliphatic carbocycles. The van der Waals surface area contributed by atoms with Crippen LogP contribution < -0.4 is 10.1 Å². The van der Waals surface area contributed by atoms with Crippen LogP contribution in [0.4, 0.5) is 0 Å². The Hall–Kier alpha value is -2.37. The van der Waals surface area contributed by atoms with Crippen LogP contribution >= 0.6 is 0 Å². The molecule has 6 nitrogen and oxygen atoms in total. The second-order valence-electron chi connectivity index (χ2n) is 6.44. The summed E-state index contributed by atoms with van der Waals surface area (Å²) < 4.78 is 5.95. The van der Waals surface area contributed by atoms with E-state index < -0.39 is 17.3 Å². The number of nitrogens with one attached hydrogen (secondary N) is 1. The maximum Gasteiger partial charge on any atom is 0.319 e. The molecule has 0 aromatic carbocycles. The summed E-state index contributed by atoms with van der Waals surface area (Å²) in [5, 5.41) is 12.2. The summed E-state index contributed by atoms with van der Waals surface area (Å²) in [4.78, 5) is 28.2. The predicted octanol–water partition coefficient (Wildman–Crippen LogP) is 2.44. The van der Waals surface area contributed by atoms with E-state index in [0.717, 1.165) is 31.2 Å². The van der Waals surface area contributed by atoms with Crippen LogP contribution in [0, 0.1) is 5.41 Å². The number of hydrogen-bond donors (Lipinski definition) is 2. The summed E-state index contributed by atoms with van der Waals surface area (Å²) in [5.74, 6) is -1.02. The molecule has 0 radical (unpaired) electrons. The van der Waals surface area contributed by atoms with Gasteiger partial charge in [0.1, 0.15) is 6.10 Å². The van der Waals surface area contributed by atoms with Crippen LogP contribution in [0.25, 0.3) is 0 Å². The molecule has 2 aliphatic rings. The first-order valence-corrected chi connectivity index (χ1v) is 8.39. The number of carboxylic acids is 1. The fourth-order valence-corrected chi connectivity index (χ4v) is 3.28. The van der Waals surface area contributed by atoms with Crippen molar-refractivity contribution in [2.24, 2.45) is 5.41 Å². The van der Waals surface area contributed by atoms with Crippen molar-refractivity contribution < 1.29 is 19.4 Å². The van der Waals surface area contributed by atoms with Gasteiger partial charge in [0.05, 0.1) is 0 Å². The largest absolute Gasteiger partial charge is 0.480 e. The van der Waals surface area contributed by atoms with E-state index in [2.05, 4.69) is 10.3 Å². The van der Waals surface area contributed by atoms with Gasteiger partial charge in [0.25, 0.3) is 0 Å². The van der Waals surface area contributed by atoms with E-state index in [1.165, 1.54) is 0 Å². The summed E-state index contributed by atoms with van der Waals surface area (Å²) in [6.07, 6.45) is 10.2. The lowest BCUT2D eigenvalue weighted by molar-refractivity contribution is -0.155. The highest BCUT2D eigenvalue weighted by atomic mass is 16.5. The molecule has 1 fully saturated rings. The Morgan fingerprint density at radius 1 is 1.29 bits per heavy atom. The second-order valence-corrected chi connectivity index (χ2v) is 6.44. The molecule has 0 saturated heterocycles. The molecule has 3 rings (SSSR count). The number of aliphatic carboxylic acids is 1. The van der Waals surface area contributed by atoms with Crippen molar-refractivity contribution in [3.8, 4) is 5.88 Å². The molecule has 0 atom stereocenters. The first-order chi connectivity index (χ1) is 11.6. The van der Waals surface area contributed by atoms with Crippen LogP contribution in [0.3, 0.4) is 0 Å². The van der Waals surface area contributed by atoms with E-state index in [0.29, 0.717) is 5.88 Å². The third-order valence-corrected chi connectivity index (χ3v) is 4.81. The number of pyridine rings is 1. The fraction of sp³-hybridized carbons (Fsp3) is 0.500. The summed E-state index contributed by atoms with van der Waals surface area (Å²) in [7, 11) is 0. The molecule has 0 bridgehead atoms. The highest BCUT2D eigenvalue weighted by molar-refractivity contribution is 6.02. The molecule has 6 heteroatoms. The number of rotatable bonds is 6. The van der Waals surface area contributed by atoms with Gasteiger partial charge in [0.2, 0.25) is 11.8 Å². The molecule has 2 N–H and O–H groups in total. The molecule has 1 saturated carbocycles. The molecule has 1 amide bonds. The molecule has 0 unspecified atom stereocenters. The van der Waals surface area contributed by atoms with Gasteiger partial charge in [0, 0.05) is 18.3 Å². The lowest BCUT2D eigenvalue weighted by Gasteiger charge is -2.23. The number of aromatic nitrogens is 1. The van der Waals surface area contributed by atoms with Crippen LogP contribution in [0.2, 0.25) is 0 Å². The Labute approximate surface area is 140 Å². The average molecular weight is 330 g/mol. The van der Waals surface area contributed by atoms with Crippen LogP contribution in [-0.4, -0.2) is 28.1 Å². The lowest BCUT2D eigenvalue weighted by Crippen LogP contribution is -2.44. The highest BCUT2D eigenvalue weighted by Gasteiger charge is 2.46. The number of nitrogens with zero attached hydrogens (tertiary/aromatic N) is 1. The van der Waals surface area contributed by atoms with Crippen molar-refractivity contribution in [2.75, 3.05) is 0 Å². The molecule has 128 valence electrons. The molecule has 0 spiro atoms. The standard InChI is InChI=1S/C18H22N2O4/c21-16(18(17(22)23)9-3-4-10-18)20-12-13-6-5-11-19-15(13)24-14-7-1-2-8-14/h3-6,11,14H,1-2,7-10,12H2,(H,20,21)(H,22,23). The zero-order valence-electron chi connectivity index (χ0n) is 13.5. The number of amides is 1. The molecule has 1 aromatic rings. The maximum atomic E-state index is 12.4. The van der Waals surface area contributed by atoms with Crippen molar-refractivity contribution in [1.82, 2.24) is 10.3 Å². The van der Waals surface area contributed by atoms with Crippen LogP contribution in [0.5, 0.6) is 5.88 Å². The zero-order chi connectivity index (χ0) is 17.0. The third-order valence-electron chi connectivity index (χ3n) is 4.81. The van der Waals surface area contributed by atoms with E-state index in [1.807, 2.05) is 6.07 Å². The lowest BCUT2D eigenvalue weighted by atomic mass is 9.84. The normalized spacial score (nSPS) is 19.3. The highest BCUT2D eigenvalue weighted by Crippen LogP contribution is 2.34. The van der Waals surface area contributed by atoms with E-state index >= 15 is 0 Å². The van der Waals surface area contributed by atoms with Gasteiger partial charge in [-0.3, -0.25) is 9.59 Å². The van der Waals surface area contributed by atoms with E-state index in [9.17, 15) is 14.7 Å². The maximum absolute atomic E-state index is 12.4. The van der Waals surface area contributed by atoms with Gasteiger partial charge in [-0.1, -0.05) is 18.2 Å². The minimum Gasteiger partial charge on any atom is -0.480 e. The smallest absolute Gasteiger partial charge is 0.319 e. The Bertz CT molecular complexity index is 642. The Balaban J connectivity index is 1.66. The first-order valence-electron chi connectivity index (χ1n) is 8.39. The molecule has 24 heavy (non-hydrogen) atoms. The molecule has 1 aromatic heterocycles. The SMILES string of the molecule is O=C(O)C1(C(=O)NCc2cccnc2OC2CCCC2)CC=CC1. The Morgan fingerprint density at radius 2 is 2.00 bits per heavy atom. The van der Waals surface area contributed by atoms with Crippen molar-refractivity contribution in [3.63, 3.8) is 0 Å². The van der Waals surface area contributed by atoms with Gasteiger partial charge in [0.15, 0.2) is 5.41 Å². The molecular weight excluding hydrogens is 308 g/mol. The van der Waals surface area contributed by atoms with E-state index in [4.69, 9.17) is 4.74 Å². The zero-order valence-corrected chi connectivity index (χ0v) is 13.5. The van der Waals surface area contributed by atoms with Gasteiger partial charge in [-0.15, -0.1) is 0 Å². The van der Waals surface area contributed by atoms with Crippen molar-refractivity contribution in [3.05, 3.63) is 36.0 Å². The molecule has 0 aliphatic heterocycles. The first kappa shape index (κ1) is 16.5. The van der Waals surface area contributed by atoms with E-state index in [-0.39, 0.29) is 25.5 Å². The van der Waals surface area contributed by atoms with Gasteiger partial charge >= 0.3 is 5.97 Å². The monoisotopic (exact) mass is 330 g/mol. The number of carbonyl (C=O) groups excluding carboxylic acids is 1. The number of ether oxygens (including phenoxy) is 1. The van der Waals surface area contributed by atoms with Crippen LogP contribution in [0.1, 0.15) is 44.1 Å². The predicted molar refractivity (Wildman–Crippen MR) is 87.4 cm³/mol. The minimum atomic E-state index is -1.38. The topological polar surface area (TPSA) is 88.5 Å². The summed E-state index contributed by atoms with van der Waals surface area (Å²) in [5.41, 5.74) is -0.612. The third kappa shape index (κ3) is 3.27. The van der Waals surface area contributed by atoms with Crippen molar-refractivity contribution >= 4 is 11.9 Å². The second kappa shape index (κ2) is 7.03. The Morgan fingerprint density at radius 3 is 2.67 bits per heavy atom. The number of carbonyl (C=O) groups is 2. The molecular formula is C18H22N2O4. The van der Waals surface area contributed by atoms with Gasteiger partial charge in [-0.25, -0.2) is 4.98 Å². The number of hydrogen-bond acceptors (Lipinski definition) is 4. The quantitative estimate of drug-likeness (QED) is 0.618. The van der Waals surface area contributed by atoms with Crippen LogP contribution in [0.15, 0.2) is 30.5 Å². The summed E-state index contributed by atoms with van der Waals surface area (Å²) >= 11 is 0. The average Bonchev–Trinajstić information content (AvgIpc) is 3.26. The number of carboxylic acid groups (broad SMARTS) is 1. The number of allylic oxidation sites excluding steroid dienone is 2. The van der Waals surface area contributed by atoms with Crippen LogP contribution in [-0.2, 0) is 16.1 Å². The van der Waals surface area contributed by atoms with Gasteiger partial charge in [-0.2, -0.15) is 0 Å². The van der Waals surface area contributed by atoms with Crippen molar-refractivity contribution in [2.45, 2.75) is 51.2 Å². The Kier molecular flexibility index (Phi) is 4.83. The van der Waals surface area contributed by atoms with Gasteiger partial charge < -0.3 is 15.2 Å². The van der Waals surface area contributed by atoms with Crippen molar-refractivity contribution in [1.29, 1.82) is 0 Å². The van der Waals surface area contributed by atoms with Gasteiger partial charge in [-0.05, 0) is 44.6 Å².